The molecule has 1 fully saturated rings. The Hall–Kier alpha value is -2.66. The zero-order valence-corrected chi connectivity index (χ0v) is 14.2. The van der Waals surface area contributed by atoms with E-state index in [9.17, 15) is 4.79 Å². The van der Waals surface area contributed by atoms with Gasteiger partial charge in [0.2, 0.25) is 5.89 Å². The van der Waals surface area contributed by atoms with Crippen molar-refractivity contribution in [3.05, 3.63) is 54.1 Å². The fraction of sp³-hybridized carbons (Fsp3) is 0.300. The molecule has 1 amide bonds. The Morgan fingerprint density at radius 2 is 1.92 bits per heavy atom. The molecule has 0 unspecified atom stereocenters. The molecule has 1 aliphatic carbocycles. The fourth-order valence-corrected chi connectivity index (χ4v) is 3.46. The highest BCUT2D eigenvalue weighted by atomic mass is 16.3. The maximum Gasteiger partial charge on any atom is 0.253 e. The molecule has 1 heterocycles. The number of rotatable bonds is 3. The van der Waals surface area contributed by atoms with E-state index in [0.29, 0.717) is 11.5 Å². The largest absolute Gasteiger partial charge is 0.436 e. The Morgan fingerprint density at radius 1 is 1.16 bits per heavy atom. The Morgan fingerprint density at radius 3 is 2.60 bits per heavy atom. The molecule has 5 heteroatoms. The van der Waals surface area contributed by atoms with E-state index in [1.165, 1.54) is 0 Å². The van der Waals surface area contributed by atoms with E-state index in [1.54, 1.807) is 0 Å². The third kappa shape index (κ3) is 3.03. The second-order valence-corrected chi connectivity index (χ2v) is 6.71. The first-order valence-electron chi connectivity index (χ1n) is 8.60. The number of para-hydroxylation sites is 2. The summed E-state index contributed by atoms with van der Waals surface area (Å²) >= 11 is 0. The number of amides is 1. The number of oxazole rings is 1. The van der Waals surface area contributed by atoms with E-state index < -0.39 is 0 Å². The van der Waals surface area contributed by atoms with Crippen LogP contribution in [0.4, 0.5) is 0 Å². The number of carbonyl (C=O) groups is 1. The Balaban J connectivity index is 1.54. The molecule has 128 valence electrons. The number of carbonyl (C=O) groups excluding carboxylic acids is 1. The molecular weight excluding hydrogens is 314 g/mol. The van der Waals surface area contributed by atoms with Crippen molar-refractivity contribution in [3.63, 3.8) is 0 Å². The van der Waals surface area contributed by atoms with Crippen molar-refractivity contribution in [2.75, 3.05) is 7.05 Å². The lowest BCUT2D eigenvalue weighted by atomic mass is 10.1. The van der Waals surface area contributed by atoms with Gasteiger partial charge in [-0.15, -0.1) is 0 Å². The minimum atomic E-state index is 0.0308. The van der Waals surface area contributed by atoms with E-state index in [4.69, 9.17) is 10.2 Å². The molecule has 25 heavy (non-hydrogen) atoms. The highest BCUT2D eigenvalue weighted by Gasteiger charge is 2.28. The minimum absolute atomic E-state index is 0.0308. The summed E-state index contributed by atoms with van der Waals surface area (Å²) in [6, 6.07) is 15.5. The smallest absolute Gasteiger partial charge is 0.253 e. The van der Waals surface area contributed by atoms with Crippen LogP contribution in [0.2, 0.25) is 0 Å². The van der Waals surface area contributed by atoms with Crippen LogP contribution in [0.1, 0.15) is 29.6 Å². The summed E-state index contributed by atoms with van der Waals surface area (Å²) in [4.78, 5) is 19.0. The SMILES string of the molecule is CN(C(=O)c1ccc(-c2nc3ccccc3o2)cc1)[C@@H]1CC[C@H](N)C1. The van der Waals surface area contributed by atoms with Gasteiger partial charge >= 0.3 is 0 Å². The summed E-state index contributed by atoms with van der Waals surface area (Å²) in [6.45, 7) is 0. The van der Waals surface area contributed by atoms with Gasteiger partial charge in [0.25, 0.3) is 5.91 Å². The van der Waals surface area contributed by atoms with Gasteiger partial charge in [0, 0.05) is 30.3 Å². The molecule has 1 aliphatic rings. The first-order chi connectivity index (χ1) is 12.1. The molecule has 0 radical (unpaired) electrons. The van der Waals surface area contributed by atoms with Gasteiger partial charge in [-0.2, -0.15) is 0 Å². The molecule has 0 saturated heterocycles. The normalized spacial score (nSPS) is 20.1. The highest BCUT2D eigenvalue weighted by molar-refractivity contribution is 5.94. The summed E-state index contributed by atoms with van der Waals surface area (Å²) in [5.41, 5.74) is 9.08. The Kier molecular flexibility index (Phi) is 4.01. The lowest BCUT2D eigenvalue weighted by molar-refractivity contribution is 0.0734. The quantitative estimate of drug-likeness (QED) is 0.796. The minimum Gasteiger partial charge on any atom is -0.436 e. The monoisotopic (exact) mass is 335 g/mol. The number of hydrogen-bond acceptors (Lipinski definition) is 4. The predicted molar refractivity (Wildman–Crippen MR) is 97.2 cm³/mol. The van der Waals surface area contributed by atoms with Crippen LogP contribution in [0.3, 0.4) is 0 Å². The zero-order chi connectivity index (χ0) is 17.4. The summed E-state index contributed by atoms with van der Waals surface area (Å²) < 4.78 is 5.77. The second kappa shape index (κ2) is 6.33. The molecule has 1 saturated carbocycles. The number of benzene rings is 2. The van der Waals surface area contributed by atoms with Crippen LogP contribution in [-0.2, 0) is 0 Å². The number of nitrogens with two attached hydrogens (primary N) is 1. The average Bonchev–Trinajstić information content (AvgIpc) is 3.26. The summed E-state index contributed by atoms with van der Waals surface area (Å²) in [5, 5.41) is 0. The number of nitrogens with zero attached hydrogens (tertiary/aromatic N) is 2. The lowest BCUT2D eigenvalue weighted by Crippen LogP contribution is -2.36. The van der Waals surface area contributed by atoms with Gasteiger partial charge in [-0.25, -0.2) is 4.98 Å². The molecule has 1 aromatic heterocycles. The Bertz CT molecular complexity index is 868. The van der Waals surface area contributed by atoms with Crippen LogP contribution >= 0.6 is 0 Å². The highest BCUT2D eigenvalue weighted by Crippen LogP contribution is 2.26. The topological polar surface area (TPSA) is 72.4 Å². The van der Waals surface area contributed by atoms with Crippen molar-refractivity contribution < 1.29 is 9.21 Å². The predicted octanol–water partition coefficient (Wildman–Crippen LogP) is 3.45. The standard InChI is InChI=1S/C20H21N3O2/c1-23(16-11-10-15(21)12-16)20(24)14-8-6-13(7-9-14)19-22-17-4-2-3-5-18(17)25-19/h2-9,15-16H,10-12,21H2,1H3/t15-,16+/m0/s1. The maximum absolute atomic E-state index is 12.7. The van der Waals surface area contributed by atoms with E-state index in [0.717, 1.165) is 35.9 Å². The first kappa shape index (κ1) is 15.8. The van der Waals surface area contributed by atoms with Crippen molar-refractivity contribution in [2.45, 2.75) is 31.3 Å². The molecule has 0 bridgehead atoms. The van der Waals surface area contributed by atoms with Crippen LogP contribution in [0.5, 0.6) is 0 Å². The average molecular weight is 335 g/mol. The molecule has 0 spiro atoms. The maximum atomic E-state index is 12.7. The van der Waals surface area contributed by atoms with Gasteiger partial charge in [-0.1, -0.05) is 12.1 Å². The number of aromatic nitrogens is 1. The third-order valence-electron chi connectivity index (χ3n) is 4.99. The van der Waals surface area contributed by atoms with Crippen molar-refractivity contribution in [1.29, 1.82) is 0 Å². The third-order valence-corrected chi connectivity index (χ3v) is 4.99. The van der Waals surface area contributed by atoms with Gasteiger partial charge < -0.3 is 15.1 Å². The van der Waals surface area contributed by atoms with Crippen LogP contribution in [0.15, 0.2) is 52.9 Å². The van der Waals surface area contributed by atoms with Gasteiger partial charge in [0.1, 0.15) is 5.52 Å². The van der Waals surface area contributed by atoms with Crippen molar-refractivity contribution in [1.82, 2.24) is 9.88 Å². The van der Waals surface area contributed by atoms with Crippen LogP contribution in [0, 0.1) is 0 Å². The van der Waals surface area contributed by atoms with Gasteiger partial charge in [-0.3, -0.25) is 4.79 Å². The summed E-state index contributed by atoms with van der Waals surface area (Å²) in [5.74, 6) is 0.596. The summed E-state index contributed by atoms with van der Waals surface area (Å²) in [7, 11) is 1.86. The van der Waals surface area contributed by atoms with Gasteiger partial charge in [0.15, 0.2) is 5.58 Å². The first-order valence-corrected chi connectivity index (χ1v) is 8.60. The second-order valence-electron chi connectivity index (χ2n) is 6.71. The van der Waals surface area contributed by atoms with Gasteiger partial charge in [-0.05, 0) is 55.7 Å². The summed E-state index contributed by atoms with van der Waals surface area (Å²) in [6.07, 6.45) is 2.84. The molecule has 5 nitrogen and oxygen atoms in total. The van der Waals surface area contributed by atoms with E-state index in [2.05, 4.69) is 4.98 Å². The van der Waals surface area contributed by atoms with E-state index in [1.807, 2.05) is 60.5 Å². The van der Waals surface area contributed by atoms with Crippen molar-refractivity contribution in [2.24, 2.45) is 5.73 Å². The van der Waals surface area contributed by atoms with E-state index >= 15 is 0 Å². The van der Waals surface area contributed by atoms with Crippen LogP contribution in [-0.4, -0.2) is 34.9 Å². The van der Waals surface area contributed by atoms with Crippen molar-refractivity contribution >= 4 is 17.0 Å². The Labute approximate surface area is 146 Å². The molecule has 4 rings (SSSR count). The van der Waals surface area contributed by atoms with Crippen LogP contribution in [0.25, 0.3) is 22.6 Å². The molecular formula is C20H21N3O2. The molecule has 2 atom stereocenters. The molecule has 3 aromatic rings. The molecule has 2 aromatic carbocycles. The molecule has 0 aliphatic heterocycles. The number of fused-ring (bicyclic) bond motifs is 1. The van der Waals surface area contributed by atoms with Gasteiger partial charge in [0.05, 0.1) is 0 Å². The zero-order valence-electron chi connectivity index (χ0n) is 14.2. The van der Waals surface area contributed by atoms with E-state index in [-0.39, 0.29) is 18.0 Å². The fourth-order valence-electron chi connectivity index (χ4n) is 3.46. The molecule has 2 N–H and O–H groups in total. The lowest BCUT2D eigenvalue weighted by Gasteiger charge is -2.24. The number of hydrogen-bond donors (Lipinski definition) is 1. The van der Waals surface area contributed by atoms with Crippen LogP contribution < -0.4 is 5.73 Å². The van der Waals surface area contributed by atoms with Crippen molar-refractivity contribution in [3.8, 4) is 11.5 Å².